The molecule has 0 unspecified atom stereocenters. The molecule has 0 aliphatic heterocycles. The van der Waals surface area contributed by atoms with Crippen molar-refractivity contribution >= 4 is 11.9 Å². The van der Waals surface area contributed by atoms with Crippen LogP contribution < -0.4 is 5.32 Å². The van der Waals surface area contributed by atoms with Gasteiger partial charge < -0.3 is 20.4 Å². The number of hydrogen-bond donors (Lipinski definition) is 3. The van der Waals surface area contributed by atoms with Crippen LogP contribution in [0.1, 0.15) is 49.4 Å². The Balaban J connectivity index is 0.000000840. The molecular weight excluding hydrogens is 506 g/mol. The summed E-state index contributed by atoms with van der Waals surface area (Å²) in [5, 5.41) is 28.8. The molecule has 2 aromatic carbocycles. The van der Waals surface area contributed by atoms with E-state index in [1.54, 1.807) is 7.05 Å². The van der Waals surface area contributed by atoms with E-state index >= 15 is 0 Å². The second-order valence-corrected chi connectivity index (χ2v) is 9.98. The Bertz CT molecular complexity index is 1320. The van der Waals surface area contributed by atoms with E-state index in [4.69, 9.17) is 10.2 Å². The van der Waals surface area contributed by atoms with Crippen molar-refractivity contribution in [2.75, 3.05) is 27.2 Å². The minimum Gasteiger partial charge on any atom is -0.481 e. The van der Waals surface area contributed by atoms with Gasteiger partial charge >= 0.3 is 11.9 Å². The number of nitriles is 1. The number of carboxylic acid groups (broad SMARTS) is 2. The number of hydrogen-bond acceptors (Lipinski definition) is 7. The van der Waals surface area contributed by atoms with Gasteiger partial charge in [0.1, 0.15) is 0 Å². The monoisotopic (exact) mass is 545 g/mol. The zero-order valence-electron chi connectivity index (χ0n) is 23.9. The Kier molecular flexibility index (Phi) is 12.9. The Morgan fingerprint density at radius 2 is 1.75 bits per heavy atom. The van der Waals surface area contributed by atoms with Crippen LogP contribution in [-0.2, 0) is 29.0 Å². The van der Waals surface area contributed by atoms with E-state index in [1.165, 1.54) is 11.1 Å². The smallest absolute Gasteiger partial charge is 0.317 e. The van der Waals surface area contributed by atoms with Gasteiger partial charge in [0.25, 0.3) is 0 Å². The Morgan fingerprint density at radius 3 is 2.27 bits per heavy atom. The summed E-state index contributed by atoms with van der Waals surface area (Å²) in [4.78, 5) is 31.7. The van der Waals surface area contributed by atoms with E-state index in [1.807, 2.05) is 48.6 Å². The van der Waals surface area contributed by atoms with E-state index < -0.39 is 11.9 Å². The maximum Gasteiger partial charge on any atom is 0.317 e. The Morgan fingerprint density at radius 1 is 1.05 bits per heavy atom. The van der Waals surface area contributed by atoms with Gasteiger partial charge in [-0.25, -0.2) is 9.97 Å². The highest BCUT2D eigenvalue weighted by Crippen LogP contribution is 2.28. The number of aliphatic carboxylic acids is 2. The highest BCUT2D eigenvalue weighted by atomic mass is 16.4. The third-order valence-corrected chi connectivity index (χ3v) is 6.18. The van der Waals surface area contributed by atoms with Gasteiger partial charge in [-0.2, -0.15) is 5.26 Å². The van der Waals surface area contributed by atoms with Crippen LogP contribution in [0.2, 0.25) is 0 Å². The molecule has 0 bridgehead atoms. The lowest BCUT2D eigenvalue weighted by atomic mass is 9.94. The number of carboxylic acids is 2. The first kappa shape index (κ1) is 32.1. The van der Waals surface area contributed by atoms with Crippen molar-refractivity contribution in [1.29, 1.82) is 5.26 Å². The zero-order chi connectivity index (χ0) is 29.7. The fourth-order valence-electron chi connectivity index (χ4n) is 4.33. The van der Waals surface area contributed by atoms with Crippen LogP contribution in [0.25, 0.3) is 22.5 Å². The molecule has 3 rings (SSSR count). The fraction of sp³-hybridized carbons (Fsp3) is 0.387. The predicted molar refractivity (Wildman–Crippen MR) is 156 cm³/mol. The van der Waals surface area contributed by atoms with Gasteiger partial charge in [-0.3, -0.25) is 9.59 Å². The Labute approximate surface area is 236 Å². The van der Waals surface area contributed by atoms with Crippen LogP contribution >= 0.6 is 0 Å². The van der Waals surface area contributed by atoms with Crippen molar-refractivity contribution < 1.29 is 19.8 Å². The largest absolute Gasteiger partial charge is 0.481 e. The average molecular weight is 546 g/mol. The van der Waals surface area contributed by atoms with Gasteiger partial charge in [0, 0.05) is 36.6 Å². The molecule has 9 heteroatoms. The van der Waals surface area contributed by atoms with E-state index in [0.29, 0.717) is 30.4 Å². The second kappa shape index (κ2) is 16.1. The van der Waals surface area contributed by atoms with Gasteiger partial charge in [0.2, 0.25) is 0 Å². The number of nitrogens with zero attached hydrogens (tertiary/aromatic N) is 4. The van der Waals surface area contributed by atoms with E-state index in [9.17, 15) is 14.9 Å². The van der Waals surface area contributed by atoms with Gasteiger partial charge in [-0.05, 0) is 61.2 Å². The zero-order valence-corrected chi connectivity index (χ0v) is 23.9. The summed E-state index contributed by atoms with van der Waals surface area (Å²) in [7, 11) is 3.53. The molecule has 212 valence electrons. The fourth-order valence-corrected chi connectivity index (χ4v) is 4.33. The predicted octanol–water partition coefficient (Wildman–Crippen LogP) is 4.64. The molecule has 0 radical (unpaired) electrons. The van der Waals surface area contributed by atoms with E-state index in [0.717, 1.165) is 35.1 Å². The lowest BCUT2D eigenvalue weighted by Gasteiger charge is -2.20. The number of rotatable bonds is 12. The summed E-state index contributed by atoms with van der Waals surface area (Å²) in [6, 6.07) is 14.4. The molecule has 0 spiro atoms. The van der Waals surface area contributed by atoms with E-state index in [2.05, 4.69) is 54.3 Å². The minimum atomic E-state index is -0.822. The van der Waals surface area contributed by atoms with Crippen molar-refractivity contribution in [3.8, 4) is 28.6 Å². The number of carbonyl (C=O) groups is 2. The van der Waals surface area contributed by atoms with Crippen molar-refractivity contribution in [2.24, 2.45) is 5.92 Å². The summed E-state index contributed by atoms with van der Waals surface area (Å²) in [6.45, 7) is 7.64. The molecule has 0 saturated heterocycles. The summed E-state index contributed by atoms with van der Waals surface area (Å²) in [5.41, 5.74) is 6.97. The molecule has 0 aliphatic rings. The average Bonchev–Trinajstić information content (AvgIpc) is 2.92. The maximum absolute atomic E-state index is 10.9. The minimum absolute atomic E-state index is 0.0417. The quantitative estimate of drug-likeness (QED) is 0.297. The first-order valence-electron chi connectivity index (χ1n) is 13.3. The normalized spacial score (nSPS) is 10.7. The molecule has 0 atom stereocenters. The third-order valence-electron chi connectivity index (χ3n) is 6.18. The summed E-state index contributed by atoms with van der Waals surface area (Å²) in [5.74, 6) is -0.532. The summed E-state index contributed by atoms with van der Waals surface area (Å²) >= 11 is 0. The number of nitrogens with one attached hydrogen (secondary N) is 1. The van der Waals surface area contributed by atoms with Crippen molar-refractivity contribution in [3.05, 3.63) is 71.0 Å². The van der Waals surface area contributed by atoms with Crippen molar-refractivity contribution in [2.45, 2.75) is 46.6 Å². The van der Waals surface area contributed by atoms with Gasteiger partial charge in [0.05, 0.1) is 24.6 Å². The maximum atomic E-state index is 10.9. The lowest BCUT2D eigenvalue weighted by Crippen LogP contribution is -2.22. The second-order valence-electron chi connectivity index (χ2n) is 9.98. The molecule has 3 aromatic rings. The molecule has 0 aliphatic carbocycles. The molecule has 40 heavy (non-hydrogen) atoms. The number of benzene rings is 2. The van der Waals surface area contributed by atoms with Gasteiger partial charge in [-0.1, -0.05) is 51.1 Å². The molecule has 0 saturated carbocycles. The van der Waals surface area contributed by atoms with Crippen molar-refractivity contribution in [1.82, 2.24) is 20.2 Å². The van der Waals surface area contributed by atoms with Crippen LogP contribution in [-0.4, -0.2) is 64.2 Å². The molecule has 1 heterocycles. The SMILES string of the molecule is CCc1c(CN(C)CCC(=O)O)cccc1-c1cnc(-c2ccc(CC(C)C)c(C#N)c2)nc1.CNCC(=O)O. The lowest BCUT2D eigenvalue weighted by molar-refractivity contribution is -0.137. The first-order chi connectivity index (χ1) is 19.1. The highest BCUT2D eigenvalue weighted by molar-refractivity contribution is 5.70. The summed E-state index contributed by atoms with van der Waals surface area (Å²) < 4.78 is 0. The van der Waals surface area contributed by atoms with Crippen LogP contribution in [0.4, 0.5) is 0 Å². The number of likely N-dealkylation sites (N-methyl/N-ethyl adjacent to an activating group) is 1. The molecular formula is C31H39N5O4. The third kappa shape index (κ3) is 9.88. The van der Waals surface area contributed by atoms with Crippen LogP contribution in [0, 0.1) is 17.2 Å². The van der Waals surface area contributed by atoms with Crippen LogP contribution in [0.15, 0.2) is 48.8 Å². The van der Waals surface area contributed by atoms with E-state index in [-0.39, 0.29) is 13.0 Å². The number of aromatic nitrogens is 2. The van der Waals surface area contributed by atoms with Crippen molar-refractivity contribution in [3.63, 3.8) is 0 Å². The standard InChI is InChI=1S/C28H32N4O2.C3H7NO2/c1-5-25-22(18-32(4)12-11-27(33)34)7-6-8-26(25)24-16-30-28(31-17-24)21-10-9-20(13-19(2)3)23(14-21)15-29;1-4-2-3(5)6/h6-10,14,16-17,19H,5,11-13,18H2,1-4H3,(H,33,34);4H,2H2,1H3,(H,5,6). The Hall–Kier alpha value is -4.13. The molecule has 0 amide bonds. The van der Waals surface area contributed by atoms with Crippen LogP contribution in [0.5, 0.6) is 0 Å². The summed E-state index contributed by atoms with van der Waals surface area (Å²) in [6.07, 6.45) is 5.51. The molecule has 0 fully saturated rings. The molecule has 3 N–H and O–H groups in total. The first-order valence-corrected chi connectivity index (χ1v) is 13.3. The molecule has 9 nitrogen and oxygen atoms in total. The topological polar surface area (TPSA) is 139 Å². The highest BCUT2D eigenvalue weighted by Gasteiger charge is 2.13. The van der Waals surface area contributed by atoms with Crippen LogP contribution in [0.3, 0.4) is 0 Å². The van der Waals surface area contributed by atoms with Gasteiger partial charge in [-0.15, -0.1) is 0 Å². The molecule has 1 aromatic heterocycles. The van der Waals surface area contributed by atoms with Gasteiger partial charge in [0.15, 0.2) is 5.82 Å².